The number of amides is 1. The molecule has 11 nitrogen and oxygen atoms in total. The molecule has 1 amide bonds. The summed E-state index contributed by atoms with van der Waals surface area (Å²) in [5, 5.41) is 19.3. The van der Waals surface area contributed by atoms with Gasteiger partial charge in [-0.25, -0.2) is 0 Å². The second-order valence-corrected chi connectivity index (χ2v) is 8.74. The molecule has 0 aromatic heterocycles. The van der Waals surface area contributed by atoms with E-state index < -0.39 is 18.0 Å². The van der Waals surface area contributed by atoms with Crippen LogP contribution in [0.15, 0.2) is 78.9 Å². The second kappa shape index (κ2) is 23.2. The molecular formula is C31H42N4O7. The average Bonchev–Trinajstić information content (AvgIpc) is 2.98. The van der Waals surface area contributed by atoms with Crippen molar-refractivity contribution in [2.24, 2.45) is 17.2 Å². The van der Waals surface area contributed by atoms with Gasteiger partial charge in [0.15, 0.2) is 0 Å². The Labute approximate surface area is 246 Å². The van der Waals surface area contributed by atoms with Gasteiger partial charge < -0.3 is 37.5 Å². The van der Waals surface area contributed by atoms with E-state index in [0.717, 1.165) is 30.6 Å². The predicted octanol–water partition coefficient (Wildman–Crippen LogP) is 3.10. The van der Waals surface area contributed by atoms with Gasteiger partial charge in [-0.2, -0.15) is 0 Å². The van der Waals surface area contributed by atoms with E-state index in [2.05, 4.69) is 17.4 Å². The van der Waals surface area contributed by atoms with Gasteiger partial charge in [0.1, 0.15) is 18.1 Å². The first-order chi connectivity index (χ1) is 20.1. The number of benzene rings is 3. The normalized spacial score (nSPS) is 10.1. The van der Waals surface area contributed by atoms with Crippen LogP contribution in [0.25, 0.3) is 0 Å². The van der Waals surface area contributed by atoms with E-state index in [4.69, 9.17) is 32.2 Å². The second-order valence-electron chi connectivity index (χ2n) is 8.74. The fraction of sp³-hybridized carbons (Fsp3) is 0.290. The number of rotatable bonds is 11. The summed E-state index contributed by atoms with van der Waals surface area (Å²) in [6.07, 6.45) is 2.95. The highest BCUT2D eigenvalue weighted by atomic mass is 16.5. The molecule has 0 saturated heterocycles. The molecule has 3 rings (SSSR count). The van der Waals surface area contributed by atoms with Crippen molar-refractivity contribution >= 4 is 29.8 Å². The third-order valence-electron chi connectivity index (χ3n) is 5.19. The van der Waals surface area contributed by atoms with Crippen molar-refractivity contribution in [2.45, 2.75) is 38.6 Å². The van der Waals surface area contributed by atoms with E-state index in [1.807, 2.05) is 18.2 Å². The van der Waals surface area contributed by atoms with Gasteiger partial charge in [-0.3, -0.25) is 19.2 Å². The molecule has 228 valence electrons. The standard InChI is InChI=1S/C9H9NO2.C9H10O3.C8H11N.C5H12N2O2/c1-7(12)10-9-4-2-8(6-11)3-5-9;1-12-8-4-2-7(3-5-8)6-9(10)11;9-7-6-8-4-2-1-3-5-8;6-3-1-2-4(7)5(8)9/h2-6H,1H3,(H,10,12);2-5H,6H2,1H3,(H,10,11);1-5H,6-7,9H2;4H,1-3,6-7H2,(H,8,9)/t;;;4-/m...0/s1. The Bertz CT molecular complexity index is 1170. The van der Waals surface area contributed by atoms with Gasteiger partial charge in [0.05, 0.1) is 13.5 Å². The number of aldehydes is 1. The minimum absolute atomic E-state index is 0.0595. The minimum Gasteiger partial charge on any atom is -0.497 e. The zero-order valence-corrected chi connectivity index (χ0v) is 24.1. The molecule has 3 aromatic carbocycles. The fourth-order valence-electron chi connectivity index (χ4n) is 3.04. The van der Waals surface area contributed by atoms with E-state index >= 15 is 0 Å². The van der Waals surface area contributed by atoms with E-state index in [1.165, 1.54) is 12.5 Å². The molecule has 1 atom stereocenters. The van der Waals surface area contributed by atoms with Gasteiger partial charge in [-0.15, -0.1) is 0 Å². The maximum atomic E-state index is 10.6. The molecule has 0 spiro atoms. The van der Waals surface area contributed by atoms with Crippen LogP contribution in [0.1, 0.15) is 41.3 Å². The number of carbonyl (C=O) groups is 4. The van der Waals surface area contributed by atoms with Crippen molar-refractivity contribution in [3.8, 4) is 5.75 Å². The number of anilines is 1. The highest BCUT2D eigenvalue weighted by Gasteiger charge is 2.08. The third kappa shape index (κ3) is 19.5. The van der Waals surface area contributed by atoms with Crippen LogP contribution in [0.4, 0.5) is 5.69 Å². The van der Waals surface area contributed by atoms with Crippen molar-refractivity contribution in [1.29, 1.82) is 0 Å². The first kappa shape index (κ1) is 37.4. The Morgan fingerprint density at radius 2 is 1.48 bits per heavy atom. The van der Waals surface area contributed by atoms with Crippen molar-refractivity contribution in [3.63, 3.8) is 0 Å². The number of ether oxygens (including phenoxy) is 1. The van der Waals surface area contributed by atoms with Crippen LogP contribution >= 0.6 is 0 Å². The molecule has 3 aromatic rings. The van der Waals surface area contributed by atoms with Gasteiger partial charge in [0, 0.05) is 18.2 Å². The molecule has 11 heteroatoms. The van der Waals surface area contributed by atoms with Gasteiger partial charge in [0.25, 0.3) is 0 Å². The molecule has 0 aliphatic rings. The number of methoxy groups -OCH3 is 1. The summed E-state index contributed by atoms with van der Waals surface area (Å²) < 4.78 is 4.93. The average molecular weight is 583 g/mol. The number of hydrogen-bond acceptors (Lipinski definition) is 8. The summed E-state index contributed by atoms with van der Waals surface area (Å²) >= 11 is 0. The molecule has 0 radical (unpaired) electrons. The van der Waals surface area contributed by atoms with Gasteiger partial charge in [0.2, 0.25) is 5.91 Å². The van der Waals surface area contributed by atoms with Gasteiger partial charge in [-0.05, 0) is 79.9 Å². The van der Waals surface area contributed by atoms with E-state index in [9.17, 15) is 19.2 Å². The Hall–Kier alpha value is -4.58. The molecule has 42 heavy (non-hydrogen) atoms. The minimum atomic E-state index is -0.955. The molecule has 0 aliphatic carbocycles. The number of nitrogens with one attached hydrogen (secondary N) is 1. The topological polar surface area (TPSA) is 208 Å². The molecular weight excluding hydrogens is 540 g/mol. The quantitative estimate of drug-likeness (QED) is 0.182. The van der Waals surface area contributed by atoms with Crippen LogP contribution in [0.5, 0.6) is 5.75 Å². The summed E-state index contributed by atoms with van der Waals surface area (Å²) in [6.45, 7) is 2.68. The highest BCUT2D eigenvalue weighted by molar-refractivity contribution is 5.89. The summed E-state index contributed by atoms with van der Waals surface area (Å²) in [7, 11) is 1.58. The van der Waals surface area contributed by atoms with Crippen LogP contribution in [0.3, 0.4) is 0 Å². The summed E-state index contributed by atoms with van der Waals surface area (Å²) in [5.74, 6) is -1.15. The maximum Gasteiger partial charge on any atom is 0.320 e. The Kier molecular flexibility index (Phi) is 20.6. The van der Waals surface area contributed by atoms with E-state index in [0.29, 0.717) is 30.6 Å². The largest absolute Gasteiger partial charge is 0.497 e. The zero-order chi connectivity index (χ0) is 31.8. The lowest BCUT2D eigenvalue weighted by Gasteiger charge is -2.02. The highest BCUT2D eigenvalue weighted by Crippen LogP contribution is 2.11. The van der Waals surface area contributed by atoms with Crippen LogP contribution in [-0.4, -0.2) is 60.6 Å². The van der Waals surface area contributed by atoms with E-state index in [-0.39, 0.29) is 12.3 Å². The molecule has 0 aliphatic heterocycles. The first-order valence-corrected chi connectivity index (χ1v) is 13.2. The van der Waals surface area contributed by atoms with Crippen molar-refractivity contribution in [2.75, 3.05) is 25.5 Å². The number of carboxylic acid groups (broad SMARTS) is 2. The molecule has 9 N–H and O–H groups in total. The number of carbonyl (C=O) groups excluding carboxylic acids is 2. The SMILES string of the molecule is CC(=O)Nc1ccc(C=O)cc1.COc1ccc(CC(=O)O)cc1.NCCC[C@H](N)C(=O)O.NCCc1ccccc1. The lowest BCUT2D eigenvalue weighted by atomic mass is 10.1. The number of nitrogens with two attached hydrogens (primary N) is 3. The van der Waals surface area contributed by atoms with Crippen molar-refractivity contribution in [1.82, 2.24) is 0 Å². The zero-order valence-electron chi connectivity index (χ0n) is 24.1. The van der Waals surface area contributed by atoms with E-state index in [1.54, 1.807) is 55.6 Å². The van der Waals surface area contributed by atoms with Gasteiger partial charge >= 0.3 is 11.9 Å². The fourth-order valence-corrected chi connectivity index (χ4v) is 3.04. The van der Waals surface area contributed by atoms with Gasteiger partial charge in [-0.1, -0.05) is 42.5 Å². The predicted molar refractivity (Wildman–Crippen MR) is 164 cm³/mol. The Balaban J connectivity index is 0.000000539. The smallest absolute Gasteiger partial charge is 0.320 e. The number of carboxylic acids is 2. The molecule has 0 bridgehead atoms. The summed E-state index contributed by atoms with van der Waals surface area (Å²) in [6, 6.07) is 23.2. The Morgan fingerprint density at radius 1 is 0.881 bits per heavy atom. The van der Waals surface area contributed by atoms with Crippen molar-refractivity contribution in [3.05, 3.63) is 95.6 Å². The lowest BCUT2D eigenvalue weighted by molar-refractivity contribution is -0.139. The third-order valence-corrected chi connectivity index (χ3v) is 5.19. The van der Waals surface area contributed by atoms with Crippen LogP contribution in [0, 0.1) is 0 Å². The lowest BCUT2D eigenvalue weighted by Crippen LogP contribution is -2.30. The molecule has 0 fully saturated rings. The summed E-state index contributed by atoms with van der Waals surface area (Å²) in [5.41, 5.74) is 19.0. The van der Waals surface area contributed by atoms with Crippen LogP contribution < -0.4 is 27.3 Å². The first-order valence-electron chi connectivity index (χ1n) is 13.2. The maximum absolute atomic E-state index is 10.6. The molecule has 0 heterocycles. The van der Waals surface area contributed by atoms with Crippen LogP contribution in [0.2, 0.25) is 0 Å². The molecule has 0 unspecified atom stereocenters. The van der Waals surface area contributed by atoms with Crippen LogP contribution in [-0.2, 0) is 27.2 Å². The summed E-state index contributed by atoms with van der Waals surface area (Å²) in [4.78, 5) is 41.2. The van der Waals surface area contributed by atoms with Crippen molar-refractivity contribution < 1.29 is 34.1 Å². The number of aliphatic carboxylic acids is 2. The molecule has 0 saturated carbocycles. The number of hydrogen-bond donors (Lipinski definition) is 6. The monoisotopic (exact) mass is 582 g/mol. The Morgan fingerprint density at radius 3 is 1.90 bits per heavy atom.